The van der Waals surface area contributed by atoms with Crippen LogP contribution in [0.3, 0.4) is 0 Å². The highest BCUT2D eigenvalue weighted by Crippen LogP contribution is 2.33. The van der Waals surface area contributed by atoms with E-state index in [1.807, 2.05) is 36.4 Å². The van der Waals surface area contributed by atoms with Crippen LogP contribution in [0.25, 0.3) is 0 Å². The van der Waals surface area contributed by atoms with E-state index >= 15 is 0 Å². The van der Waals surface area contributed by atoms with Gasteiger partial charge in [0.2, 0.25) is 5.95 Å². The summed E-state index contributed by atoms with van der Waals surface area (Å²) in [5, 5.41) is 6.46. The Bertz CT molecular complexity index is 857. The predicted molar refractivity (Wildman–Crippen MR) is 94.3 cm³/mol. The minimum absolute atomic E-state index is 0.511. The maximum atomic E-state index is 5.59. The summed E-state index contributed by atoms with van der Waals surface area (Å²) in [7, 11) is 0. The molecule has 2 aromatic heterocycles. The molecule has 3 heterocycles. The number of nitrogens with one attached hydrogen (secondary N) is 2. The number of pyridine rings is 1. The summed E-state index contributed by atoms with van der Waals surface area (Å²) in [5.41, 5.74) is 1.98. The van der Waals surface area contributed by atoms with Gasteiger partial charge in [-0.2, -0.15) is 4.98 Å². The molecule has 0 radical (unpaired) electrons. The highest BCUT2D eigenvalue weighted by Gasteiger charge is 2.12. The van der Waals surface area contributed by atoms with E-state index in [1.165, 1.54) is 0 Å². The molecule has 0 amide bonds. The summed E-state index contributed by atoms with van der Waals surface area (Å²) >= 11 is 0. The second kappa shape index (κ2) is 7.04. The molecule has 0 aliphatic carbocycles. The summed E-state index contributed by atoms with van der Waals surface area (Å²) in [5.74, 6) is 2.73. The first-order valence-corrected chi connectivity index (χ1v) is 7.99. The molecule has 0 fully saturated rings. The molecule has 0 bridgehead atoms. The standard InChI is InChI=1S/C18H17N5O2/c1-2-15-16(25-10-9-24-15)11-14(1)22-18-20-8-5-17(23-18)21-12-13-3-6-19-7-4-13/h1-8,11H,9-10,12H2,(H2,20,21,22,23). The van der Waals surface area contributed by atoms with E-state index in [2.05, 4.69) is 25.6 Å². The van der Waals surface area contributed by atoms with Crippen molar-refractivity contribution >= 4 is 17.5 Å². The fourth-order valence-corrected chi connectivity index (χ4v) is 2.46. The van der Waals surface area contributed by atoms with Crippen molar-refractivity contribution in [3.05, 3.63) is 60.6 Å². The molecule has 4 rings (SSSR count). The molecule has 126 valence electrons. The summed E-state index contributed by atoms with van der Waals surface area (Å²) in [4.78, 5) is 12.7. The Morgan fingerprint density at radius 3 is 2.64 bits per heavy atom. The van der Waals surface area contributed by atoms with Gasteiger partial charge in [-0.3, -0.25) is 4.98 Å². The summed E-state index contributed by atoms with van der Waals surface area (Å²) in [6.07, 6.45) is 5.25. The molecule has 0 spiro atoms. The molecule has 0 saturated carbocycles. The van der Waals surface area contributed by atoms with Gasteiger partial charge in [0.15, 0.2) is 11.5 Å². The molecule has 1 aromatic carbocycles. The van der Waals surface area contributed by atoms with Crippen LogP contribution in [0.4, 0.5) is 17.5 Å². The van der Waals surface area contributed by atoms with Gasteiger partial charge in [-0.05, 0) is 35.9 Å². The lowest BCUT2D eigenvalue weighted by molar-refractivity contribution is 0.171. The number of ether oxygens (including phenoxy) is 2. The van der Waals surface area contributed by atoms with Gasteiger partial charge in [0.1, 0.15) is 19.0 Å². The van der Waals surface area contributed by atoms with Crippen LogP contribution in [0.2, 0.25) is 0 Å². The van der Waals surface area contributed by atoms with Gasteiger partial charge in [-0.15, -0.1) is 0 Å². The Balaban J connectivity index is 1.44. The lowest BCUT2D eigenvalue weighted by atomic mass is 10.2. The van der Waals surface area contributed by atoms with E-state index in [1.54, 1.807) is 18.6 Å². The Kier molecular flexibility index (Phi) is 4.28. The van der Waals surface area contributed by atoms with Crippen molar-refractivity contribution in [3.8, 4) is 11.5 Å². The third kappa shape index (κ3) is 3.77. The molecule has 1 aliphatic rings. The molecular formula is C18H17N5O2. The minimum atomic E-state index is 0.511. The molecule has 25 heavy (non-hydrogen) atoms. The fourth-order valence-electron chi connectivity index (χ4n) is 2.46. The Morgan fingerprint density at radius 1 is 0.920 bits per heavy atom. The first-order chi connectivity index (χ1) is 12.4. The number of aromatic nitrogens is 3. The summed E-state index contributed by atoms with van der Waals surface area (Å²) in [6, 6.07) is 11.4. The molecular weight excluding hydrogens is 318 g/mol. The second-order valence-corrected chi connectivity index (χ2v) is 5.46. The van der Waals surface area contributed by atoms with Crippen LogP contribution in [-0.4, -0.2) is 28.2 Å². The van der Waals surface area contributed by atoms with Crippen LogP contribution < -0.4 is 20.1 Å². The summed E-state index contributed by atoms with van der Waals surface area (Å²) < 4.78 is 11.1. The third-order valence-electron chi connectivity index (χ3n) is 3.68. The number of rotatable bonds is 5. The highest BCUT2D eigenvalue weighted by atomic mass is 16.6. The van der Waals surface area contributed by atoms with E-state index in [0.717, 1.165) is 28.6 Å². The van der Waals surface area contributed by atoms with Crippen LogP contribution in [-0.2, 0) is 6.54 Å². The van der Waals surface area contributed by atoms with Crippen LogP contribution in [0.1, 0.15) is 5.56 Å². The van der Waals surface area contributed by atoms with Gasteiger partial charge >= 0.3 is 0 Å². The Morgan fingerprint density at radius 2 is 1.76 bits per heavy atom. The number of anilines is 3. The molecule has 7 heteroatoms. The van der Waals surface area contributed by atoms with E-state index in [0.29, 0.717) is 25.7 Å². The number of hydrogen-bond acceptors (Lipinski definition) is 7. The molecule has 1 aliphatic heterocycles. The van der Waals surface area contributed by atoms with Crippen molar-refractivity contribution < 1.29 is 9.47 Å². The largest absolute Gasteiger partial charge is 0.486 e. The van der Waals surface area contributed by atoms with Crippen LogP contribution in [0.5, 0.6) is 11.5 Å². The zero-order chi connectivity index (χ0) is 16.9. The van der Waals surface area contributed by atoms with E-state index in [9.17, 15) is 0 Å². The highest BCUT2D eigenvalue weighted by molar-refractivity contribution is 5.60. The van der Waals surface area contributed by atoms with Crippen molar-refractivity contribution in [1.29, 1.82) is 0 Å². The van der Waals surface area contributed by atoms with Gasteiger partial charge in [0, 0.05) is 36.9 Å². The molecule has 3 aromatic rings. The average Bonchev–Trinajstić information content (AvgIpc) is 2.67. The van der Waals surface area contributed by atoms with Crippen molar-refractivity contribution in [1.82, 2.24) is 15.0 Å². The maximum Gasteiger partial charge on any atom is 0.229 e. The predicted octanol–water partition coefficient (Wildman–Crippen LogP) is 3.00. The first kappa shape index (κ1) is 15.2. The van der Waals surface area contributed by atoms with E-state index in [-0.39, 0.29) is 0 Å². The van der Waals surface area contributed by atoms with Crippen LogP contribution in [0, 0.1) is 0 Å². The third-order valence-corrected chi connectivity index (χ3v) is 3.68. The molecule has 2 N–H and O–H groups in total. The topological polar surface area (TPSA) is 81.2 Å². The lowest BCUT2D eigenvalue weighted by Gasteiger charge is -2.19. The van der Waals surface area contributed by atoms with Crippen molar-refractivity contribution in [3.63, 3.8) is 0 Å². The van der Waals surface area contributed by atoms with Gasteiger partial charge < -0.3 is 20.1 Å². The Labute approximate surface area is 145 Å². The van der Waals surface area contributed by atoms with E-state index in [4.69, 9.17) is 9.47 Å². The SMILES string of the molecule is c1cc(CNc2ccnc(Nc3ccc4c(c3)OCCO4)n2)ccn1. The first-order valence-electron chi connectivity index (χ1n) is 7.99. The lowest BCUT2D eigenvalue weighted by Crippen LogP contribution is -2.15. The zero-order valence-corrected chi connectivity index (χ0v) is 13.5. The fraction of sp³-hybridized carbons (Fsp3) is 0.167. The quantitative estimate of drug-likeness (QED) is 0.742. The number of nitrogens with zero attached hydrogens (tertiary/aromatic N) is 3. The summed E-state index contributed by atoms with van der Waals surface area (Å²) in [6.45, 7) is 1.80. The van der Waals surface area contributed by atoms with Crippen molar-refractivity contribution in [2.45, 2.75) is 6.54 Å². The monoisotopic (exact) mass is 335 g/mol. The van der Waals surface area contributed by atoms with Gasteiger partial charge in [0.25, 0.3) is 0 Å². The smallest absolute Gasteiger partial charge is 0.229 e. The molecule has 7 nitrogen and oxygen atoms in total. The van der Waals surface area contributed by atoms with Crippen molar-refractivity contribution in [2.75, 3.05) is 23.8 Å². The van der Waals surface area contributed by atoms with Crippen LogP contribution >= 0.6 is 0 Å². The van der Waals surface area contributed by atoms with Crippen LogP contribution in [0.15, 0.2) is 55.0 Å². The van der Waals surface area contributed by atoms with Crippen molar-refractivity contribution in [2.24, 2.45) is 0 Å². The van der Waals surface area contributed by atoms with Gasteiger partial charge in [-0.25, -0.2) is 4.98 Å². The maximum absolute atomic E-state index is 5.59. The molecule has 0 unspecified atom stereocenters. The minimum Gasteiger partial charge on any atom is -0.486 e. The normalized spacial score (nSPS) is 12.5. The number of fused-ring (bicyclic) bond motifs is 1. The van der Waals surface area contributed by atoms with Gasteiger partial charge in [0.05, 0.1) is 0 Å². The molecule has 0 saturated heterocycles. The number of benzene rings is 1. The zero-order valence-electron chi connectivity index (χ0n) is 13.5. The average molecular weight is 335 g/mol. The molecule has 0 atom stereocenters. The van der Waals surface area contributed by atoms with E-state index < -0.39 is 0 Å². The Hall–Kier alpha value is -3.35. The number of hydrogen-bond donors (Lipinski definition) is 2. The van der Waals surface area contributed by atoms with Gasteiger partial charge in [-0.1, -0.05) is 0 Å². The second-order valence-electron chi connectivity index (χ2n) is 5.46.